The summed E-state index contributed by atoms with van der Waals surface area (Å²) in [5.41, 5.74) is 2.49. The number of imidazole rings is 1. The first-order valence-electron chi connectivity index (χ1n) is 9.56. The largest absolute Gasteiger partial charge is 0.443 e. The minimum Gasteiger partial charge on any atom is -0.443 e. The van der Waals surface area contributed by atoms with E-state index in [1.54, 1.807) is 40.2 Å². The number of rotatable bonds is 2. The second kappa shape index (κ2) is 7.09. The molecular formula is C22H21FN6O2. The fraction of sp³-hybridized carbons (Fsp3) is 0.273. The zero-order valence-electron chi connectivity index (χ0n) is 17.8. The zero-order valence-corrected chi connectivity index (χ0v) is 17.8. The zero-order chi connectivity index (χ0) is 22.5. The van der Waals surface area contributed by atoms with Gasteiger partial charge in [-0.3, -0.25) is 4.90 Å². The van der Waals surface area contributed by atoms with Crippen molar-refractivity contribution in [3.8, 4) is 11.3 Å². The summed E-state index contributed by atoms with van der Waals surface area (Å²) in [6.07, 6.45) is 1.09. The third-order valence-corrected chi connectivity index (χ3v) is 4.73. The molecule has 0 aliphatic rings. The lowest BCUT2D eigenvalue weighted by atomic mass is 10.1. The molecule has 0 unspecified atom stereocenters. The number of ether oxygens (including phenoxy) is 1. The molecular weight excluding hydrogens is 399 g/mol. The molecule has 0 spiro atoms. The molecule has 1 amide bonds. The van der Waals surface area contributed by atoms with Crippen LogP contribution in [0.3, 0.4) is 0 Å². The summed E-state index contributed by atoms with van der Waals surface area (Å²) in [6, 6.07) is 5.99. The van der Waals surface area contributed by atoms with Gasteiger partial charge in [-0.05, 0) is 50.6 Å². The lowest BCUT2D eigenvalue weighted by molar-refractivity contribution is 0.0588. The van der Waals surface area contributed by atoms with Crippen molar-refractivity contribution in [2.75, 3.05) is 11.9 Å². The Morgan fingerprint density at radius 2 is 2.03 bits per heavy atom. The van der Waals surface area contributed by atoms with Crippen molar-refractivity contribution in [3.63, 3.8) is 0 Å². The van der Waals surface area contributed by atoms with Crippen LogP contribution in [-0.2, 0) is 11.8 Å². The summed E-state index contributed by atoms with van der Waals surface area (Å²) in [6.45, 7) is 12.5. The van der Waals surface area contributed by atoms with Crippen LogP contribution >= 0.6 is 0 Å². The highest BCUT2D eigenvalue weighted by atomic mass is 19.1. The van der Waals surface area contributed by atoms with Gasteiger partial charge < -0.3 is 14.3 Å². The maximum atomic E-state index is 14.0. The van der Waals surface area contributed by atoms with Gasteiger partial charge in [-0.1, -0.05) is 0 Å². The van der Waals surface area contributed by atoms with Gasteiger partial charge in [-0.2, -0.15) is 0 Å². The molecule has 31 heavy (non-hydrogen) atoms. The predicted octanol–water partition coefficient (Wildman–Crippen LogP) is 5.18. The molecule has 0 bridgehead atoms. The van der Waals surface area contributed by atoms with Gasteiger partial charge in [0.1, 0.15) is 22.6 Å². The quantitative estimate of drug-likeness (QED) is 0.453. The maximum Gasteiger partial charge on any atom is 0.415 e. The number of aromatic amines is 1. The van der Waals surface area contributed by atoms with Gasteiger partial charge >= 0.3 is 6.09 Å². The van der Waals surface area contributed by atoms with E-state index in [4.69, 9.17) is 11.3 Å². The van der Waals surface area contributed by atoms with Gasteiger partial charge in [0.25, 0.3) is 0 Å². The SMILES string of the molecule is [C-]#[N+]c1cc(F)cc(-c2cc3c(nc(N(C)C(=O)OC(C)(C)C)c4ncn(C)c43)[nH]2)c1. The fourth-order valence-electron chi connectivity index (χ4n) is 3.38. The van der Waals surface area contributed by atoms with E-state index in [9.17, 15) is 9.18 Å². The Morgan fingerprint density at radius 1 is 1.29 bits per heavy atom. The predicted molar refractivity (Wildman–Crippen MR) is 117 cm³/mol. The average Bonchev–Trinajstić information content (AvgIpc) is 3.28. The van der Waals surface area contributed by atoms with Crippen molar-refractivity contribution in [2.24, 2.45) is 7.05 Å². The summed E-state index contributed by atoms with van der Waals surface area (Å²) < 4.78 is 21.3. The Balaban J connectivity index is 1.90. The molecule has 0 atom stereocenters. The number of carbonyl (C=O) groups is 1. The third-order valence-electron chi connectivity index (χ3n) is 4.73. The molecule has 9 heteroatoms. The number of anilines is 1. The molecule has 1 N–H and O–H groups in total. The van der Waals surface area contributed by atoms with E-state index in [0.29, 0.717) is 28.2 Å². The van der Waals surface area contributed by atoms with Crippen LogP contribution in [0.15, 0.2) is 30.6 Å². The first kappa shape index (κ1) is 20.3. The lowest BCUT2D eigenvalue weighted by Gasteiger charge is -2.24. The molecule has 0 saturated carbocycles. The smallest absolute Gasteiger partial charge is 0.415 e. The van der Waals surface area contributed by atoms with Gasteiger partial charge in [-0.15, -0.1) is 0 Å². The first-order valence-corrected chi connectivity index (χ1v) is 9.56. The van der Waals surface area contributed by atoms with Crippen LogP contribution < -0.4 is 4.90 Å². The van der Waals surface area contributed by atoms with E-state index in [-0.39, 0.29) is 5.69 Å². The third kappa shape index (κ3) is 3.68. The Labute approximate surface area is 178 Å². The molecule has 1 aromatic carbocycles. The van der Waals surface area contributed by atoms with Gasteiger partial charge in [0.05, 0.1) is 18.4 Å². The second-order valence-corrected chi connectivity index (χ2v) is 8.28. The van der Waals surface area contributed by atoms with Crippen LogP contribution in [-0.4, -0.2) is 38.3 Å². The number of H-pyrrole nitrogens is 1. The number of benzene rings is 1. The van der Waals surface area contributed by atoms with Gasteiger partial charge in [0.15, 0.2) is 11.5 Å². The minimum absolute atomic E-state index is 0.206. The topological polar surface area (TPSA) is 80.4 Å². The number of hydrogen-bond donors (Lipinski definition) is 1. The molecule has 3 aromatic heterocycles. The lowest BCUT2D eigenvalue weighted by Crippen LogP contribution is -2.34. The number of hydrogen-bond acceptors (Lipinski definition) is 4. The van der Waals surface area contributed by atoms with Crippen LogP contribution in [0.2, 0.25) is 0 Å². The number of pyridine rings is 1. The second-order valence-electron chi connectivity index (χ2n) is 8.28. The van der Waals surface area contributed by atoms with Crippen LogP contribution in [0.1, 0.15) is 20.8 Å². The monoisotopic (exact) mass is 420 g/mol. The Kier molecular flexibility index (Phi) is 4.65. The fourth-order valence-corrected chi connectivity index (χ4v) is 3.38. The first-order chi connectivity index (χ1) is 14.6. The molecule has 0 saturated heterocycles. The van der Waals surface area contributed by atoms with E-state index >= 15 is 0 Å². The van der Waals surface area contributed by atoms with Gasteiger partial charge in [-0.25, -0.2) is 24.0 Å². The van der Waals surface area contributed by atoms with Crippen molar-refractivity contribution in [1.82, 2.24) is 19.5 Å². The number of aryl methyl sites for hydroxylation is 1. The summed E-state index contributed by atoms with van der Waals surface area (Å²) in [4.78, 5) is 29.5. The van der Waals surface area contributed by atoms with Crippen LogP contribution in [0.5, 0.6) is 0 Å². The van der Waals surface area contributed by atoms with Crippen molar-refractivity contribution >= 4 is 39.7 Å². The van der Waals surface area contributed by atoms with Crippen molar-refractivity contribution in [3.05, 3.63) is 47.8 Å². The highest BCUT2D eigenvalue weighted by Crippen LogP contribution is 2.34. The van der Waals surface area contributed by atoms with Gasteiger partial charge in [0, 0.05) is 25.2 Å². The summed E-state index contributed by atoms with van der Waals surface area (Å²) in [5.74, 6) is -0.155. The van der Waals surface area contributed by atoms with E-state index in [0.717, 1.165) is 10.9 Å². The number of aromatic nitrogens is 4. The molecule has 8 nitrogen and oxygen atoms in total. The number of nitrogens with one attached hydrogen (secondary N) is 1. The summed E-state index contributed by atoms with van der Waals surface area (Å²) in [7, 11) is 3.42. The number of carbonyl (C=O) groups excluding carboxylic acids is 1. The molecule has 0 radical (unpaired) electrons. The van der Waals surface area contributed by atoms with E-state index < -0.39 is 17.5 Å². The molecule has 0 aliphatic heterocycles. The van der Waals surface area contributed by atoms with E-state index in [1.807, 2.05) is 17.7 Å². The van der Waals surface area contributed by atoms with Crippen molar-refractivity contribution < 1.29 is 13.9 Å². The Hall–Kier alpha value is -3.93. The number of fused-ring (bicyclic) bond motifs is 3. The summed E-state index contributed by atoms with van der Waals surface area (Å²) in [5, 5.41) is 0.764. The molecule has 4 aromatic rings. The van der Waals surface area contributed by atoms with Crippen LogP contribution in [0.4, 0.5) is 20.7 Å². The standard InChI is InChI=1S/C22H21FN6O2/c1-22(2,3)31-21(30)29(6)20-17-18(28(5)11-25-17)15-10-16(26-19(15)27-20)12-7-13(23)9-14(8-12)24-4/h7-11H,1-3,5-6H3,(H,26,27). The summed E-state index contributed by atoms with van der Waals surface area (Å²) >= 11 is 0. The molecule has 0 aliphatic carbocycles. The van der Waals surface area contributed by atoms with E-state index in [2.05, 4.69) is 19.8 Å². The van der Waals surface area contributed by atoms with Crippen LogP contribution in [0, 0.1) is 12.4 Å². The minimum atomic E-state index is -0.656. The highest BCUT2D eigenvalue weighted by Gasteiger charge is 2.25. The average molecular weight is 420 g/mol. The van der Waals surface area contributed by atoms with Gasteiger partial charge in [0.2, 0.25) is 0 Å². The Morgan fingerprint density at radius 3 is 2.71 bits per heavy atom. The number of nitrogens with zero attached hydrogens (tertiary/aromatic N) is 5. The number of halogens is 1. The van der Waals surface area contributed by atoms with Crippen molar-refractivity contribution in [2.45, 2.75) is 26.4 Å². The van der Waals surface area contributed by atoms with Crippen molar-refractivity contribution in [1.29, 1.82) is 0 Å². The normalized spacial score (nSPS) is 11.6. The molecule has 158 valence electrons. The molecule has 0 fully saturated rings. The Bertz CT molecular complexity index is 1370. The molecule has 4 rings (SSSR count). The molecule has 3 heterocycles. The highest BCUT2D eigenvalue weighted by molar-refractivity contribution is 6.09. The van der Waals surface area contributed by atoms with E-state index in [1.165, 1.54) is 17.0 Å². The van der Waals surface area contributed by atoms with Crippen LogP contribution in [0.25, 0.3) is 38.2 Å². The number of amides is 1. The maximum absolute atomic E-state index is 14.0.